The van der Waals surface area contributed by atoms with Crippen molar-refractivity contribution in [1.29, 1.82) is 0 Å². The van der Waals surface area contributed by atoms with Crippen LogP contribution in [-0.2, 0) is 16.2 Å². The van der Waals surface area contributed by atoms with E-state index >= 15 is 0 Å². The summed E-state index contributed by atoms with van der Waals surface area (Å²) in [7, 11) is 1.59. The highest BCUT2D eigenvalue weighted by Crippen LogP contribution is 2.33. The van der Waals surface area contributed by atoms with Crippen molar-refractivity contribution in [3.63, 3.8) is 0 Å². The first-order valence-electron chi connectivity index (χ1n) is 13.4. The van der Waals surface area contributed by atoms with Gasteiger partial charge in [-0.1, -0.05) is 30.8 Å². The normalized spacial score (nSPS) is 14.2. The number of benzene rings is 3. The van der Waals surface area contributed by atoms with Crippen LogP contribution in [-0.4, -0.2) is 34.9 Å². The number of aromatic nitrogens is 1. The maximum atomic E-state index is 13.6. The van der Waals surface area contributed by atoms with E-state index in [9.17, 15) is 14.4 Å². The summed E-state index contributed by atoms with van der Waals surface area (Å²) in [6, 6.07) is 18.4. The molecule has 4 aromatic rings. The molecule has 0 unspecified atom stereocenters. The van der Waals surface area contributed by atoms with Gasteiger partial charge in [0.1, 0.15) is 11.5 Å². The fourth-order valence-corrected chi connectivity index (χ4v) is 5.58. The van der Waals surface area contributed by atoms with Gasteiger partial charge in [-0.2, -0.15) is 0 Å². The summed E-state index contributed by atoms with van der Waals surface area (Å²) in [5.74, 6) is 0.169. The summed E-state index contributed by atoms with van der Waals surface area (Å²) in [4.78, 5) is 43.3. The van der Waals surface area contributed by atoms with Gasteiger partial charge in [-0.3, -0.25) is 9.59 Å². The summed E-state index contributed by atoms with van der Waals surface area (Å²) in [6.45, 7) is 4.08. The number of fused-ring (bicyclic) bond motifs is 3. The average Bonchev–Trinajstić information content (AvgIpc) is 3.59. The van der Waals surface area contributed by atoms with Gasteiger partial charge in [-0.05, 0) is 79.9 Å². The molecule has 7 nitrogen and oxygen atoms in total. The summed E-state index contributed by atoms with van der Waals surface area (Å²) < 4.78 is 7.39. The Kier molecular flexibility index (Phi) is 7.59. The number of ketones is 2. The van der Waals surface area contributed by atoms with Crippen molar-refractivity contribution in [3.05, 3.63) is 77.4 Å². The second kappa shape index (κ2) is 11.2. The molecular formula is C32H32N2O5. The predicted octanol–water partition coefficient (Wildman–Crippen LogP) is 6.74. The summed E-state index contributed by atoms with van der Waals surface area (Å²) in [6.07, 6.45) is 4.85. The Morgan fingerprint density at radius 2 is 1.46 bits per heavy atom. The molecule has 1 fully saturated rings. The number of rotatable bonds is 9. The van der Waals surface area contributed by atoms with E-state index in [1.807, 2.05) is 30.3 Å². The zero-order chi connectivity index (χ0) is 27.5. The lowest BCUT2D eigenvalue weighted by atomic mass is 9.95. The van der Waals surface area contributed by atoms with E-state index in [-0.39, 0.29) is 17.3 Å². The smallest absolute Gasteiger partial charge is 0.331 e. The molecular weight excluding hydrogens is 492 g/mol. The van der Waals surface area contributed by atoms with Gasteiger partial charge in [-0.25, -0.2) is 4.79 Å². The maximum absolute atomic E-state index is 13.6. The van der Waals surface area contributed by atoms with Crippen LogP contribution < -0.4 is 4.74 Å². The van der Waals surface area contributed by atoms with Crippen LogP contribution >= 0.6 is 0 Å². The lowest BCUT2D eigenvalue weighted by Gasteiger charge is -2.11. The molecule has 7 heteroatoms. The number of ether oxygens (including phenoxy) is 1. The zero-order valence-corrected chi connectivity index (χ0v) is 22.5. The van der Waals surface area contributed by atoms with Gasteiger partial charge in [0, 0.05) is 52.0 Å². The molecule has 1 aromatic heterocycles. The number of hydrogen-bond donors (Lipinski definition) is 0. The number of Topliss-reactive ketones (excluding diaryl/α,β-unsaturated/α-hetero) is 1. The minimum Gasteiger partial charge on any atom is -0.497 e. The number of carbonyl (C=O) groups excluding carboxylic acids is 3. The molecule has 0 radical (unpaired) electrons. The number of carbonyl (C=O) groups is 3. The van der Waals surface area contributed by atoms with Gasteiger partial charge in [0.2, 0.25) is 5.78 Å². The molecule has 0 spiro atoms. The summed E-state index contributed by atoms with van der Waals surface area (Å²) in [5.41, 5.74) is 3.86. The Labute approximate surface area is 227 Å². The number of methoxy groups -OCH3 is 1. The van der Waals surface area contributed by atoms with Gasteiger partial charge >= 0.3 is 5.97 Å². The van der Waals surface area contributed by atoms with Gasteiger partial charge in [0.25, 0.3) is 0 Å². The topological polar surface area (TPSA) is 87.0 Å². The van der Waals surface area contributed by atoms with Crippen LogP contribution in [0.25, 0.3) is 21.8 Å². The lowest BCUT2D eigenvalue weighted by Crippen LogP contribution is -2.19. The molecule has 5 rings (SSSR count). The molecule has 0 N–H and O–H groups in total. The quantitative estimate of drug-likeness (QED) is 0.105. The van der Waals surface area contributed by atoms with Crippen LogP contribution in [0, 0.1) is 5.92 Å². The molecule has 1 heterocycles. The van der Waals surface area contributed by atoms with Crippen LogP contribution in [0.1, 0.15) is 72.2 Å². The zero-order valence-electron chi connectivity index (χ0n) is 22.5. The van der Waals surface area contributed by atoms with Crippen LogP contribution in [0.2, 0.25) is 0 Å². The highest BCUT2D eigenvalue weighted by molar-refractivity contribution is 6.46. The molecule has 0 saturated heterocycles. The molecule has 1 saturated carbocycles. The van der Waals surface area contributed by atoms with Gasteiger partial charge < -0.3 is 14.1 Å². The van der Waals surface area contributed by atoms with Crippen LogP contribution in [0.4, 0.5) is 0 Å². The largest absolute Gasteiger partial charge is 0.497 e. The molecule has 1 aliphatic rings. The summed E-state index contributed by atoms with van der Waals surface area (Å²) >= 11 is 0. The van der Waals surface area contributed by atoms with E-state index in [0.717, 1.165) is 54.0 Å². The third-order valence-electron chi connectivity index (χ3n) is 7.56. The third-order valence-corrected chi connectivity index (χ3v) is 7.56. The van der Waals surface area contributed by atoms with Crippen molar-refractivity contribution >= 4 is 45.1 Å². The van der Waals surface area contributed by atoms with Crippen molar-refractivity contribution < 1.29 is 24.0 Å². The van der Waals surface area contributed by atoms with Crippen molar-refractivity contribution in [1.82, 2.24) is 4.57 Å². The Hall–Kier alpha value is -4.26. The monoisotopic (exact) mass is 524 g/mol. The molecule has 3 aromatic carbocycles. The summed E-state index contributed by atoms with van der Waals surface area (Å²) in [5, 5.41) is 5.75. The van der Waals surface area contributed by atoms with Gasteiger partial charge in [0.05, 0.1) is 7.11 Å². The molecule has 1 aliphatic carbocycles. The van der Waals surface area contributed by atoms with Crippen LogP contribution in [0.5, 0.6) is 5.75 Å². The number of aryl methyl sites for hydroxylation is 1. The van der Waals surface area contributed by atoms with E-state index in [1.165, 1.54) is 6.92 Å². The fraction of sp³-hybridized carbons (Fsp3) is 0.312. The second-order valence-electron chi connectivity index (χ2n) is 10.1. The average molecular weight is 525 g/mol. The number of nitrogens with zero attached hydrogens (tertiary/aromatic N) is 2. The lowest BCUT2D eigenvalue weighted by molar-refractivity contribution is -0.140. The minimum atomic E-state index is -0.553. The number of hydrogen-bond acceptors (Lipinski definition) is 6. The molecule has 0 amide bonds. The van der Waals surface area contributed by atoms with Crippen LogP contribution in [0.3, 0.4) is 0 Å². The Morgan fingerprint density at radius 3 is 2.05 bits per heavy atom. The Balaban J connectivity index is 1.56. The Morgan fingerprint density at radius 1 is 0.872 bits per heavy atom. The highest BCUT2D eigenvalue weighted by Gasteiger charge is 2.24. The van der Waals surface area contributed by atoms with E-state index < -0.39 is 5.97 Å². The maximum Gasteiger partial charge on any atom is 0.331 e. The second-order valence-corrected chi connectivity index (χ2v) is 10.1. The van der Waals surface area contributed by atoms with Crippen molar-refractivity contribution in [3.8, 4) is 5.75 Å². The Bertz CT molecular complexity index is 1590. The molecule has 39 heavy (non-hydrogen) atoms. The van der Waals surface area contributed by atoms with E-state index in [2.05, 4.69) is 16.6 Å². The van der Waals surface area contributed by atoms with Gasteiger partial charge in [-0.15, -0.1) is 0 Å². The third kappa shape index (κ3) is 5.35. The molecule has 0 aliphatic heterocycles. The van der Waals surface area contributed by atoms with Gasteiger partial charge in [0.15, 0.2) is 5.78 Å². The van der Waals surface area contributed by atoms with Crippen molar-refractivity contribution in [2.75, 3.05) is 7.11 Å². The standard InChI is InChI=1S/C32H32N2O5/c1-4-34-29-15-11-23(31(36)22-9-13-25(38-3)14-10-22)18-26(29)27-19-24(12-16-30(27)34)32(37)28(33-39-20(2)35)17-21-7-5-6-8-21/h9-16,18-19,21H,4-8,17H2,1-3H3/b33-28+. The minimum absolute atomic E-state index is 0.0865. The fourth-order valence-electron chi connectivity index (χ4n) is 5.58. The van der Waals surface area contributed by atoms with Crippen molar-refractivity contribution in [2.45, 2.75) is 52.5 Å². The molecule has 0 atom stereocenters. The van der Waals surface area contributed by atoms with Crippen LogP contribution in [0.15, 0.2) is 65.8 Å². The first-order valence-corrected chi connectivity index (χ1v) is 13.4. The highest BCUT2D eigenvalue weighted by atomic mass is 16.7. The first-order chi connectivity index (χ1) is 18.9. The van der Waals surface area contributed by atoms with Crippen molar-refractivity contribution in [2.24, 2.45) is 11.1 Å². The molecule has 0 bridgehead atoms. The SMILES string of the molecule is CCn1c2ccc(C(=O)/C(CC3CCCC3)=N/OC(C)=O)cc2c2cc(C(=O)c3ccc(OC)cc3)ccc21. The predicted molar refractivity (Wildman–Crippen MR) is 152 cm³/mol. The van der Waals surface area contributed by atoms with E-state index in [4.69, 9.17) is 9.57 Å². The number of oxime groups is 1. The van der Waals surface area contributed by atoms with E-state index in [1.54, 1.807) is 37.4 Å². The van der Waals surface area contributed by atoms with E-state index in [0.29, 0.717) is 34.8 Å². The first kappa shape index (κ1) is 26.4. The molecule has 200 valence electrons.